The summed E-state index contributed by atoms with van der Waals surface area (Å²) in [5.41, 5.74) is 1.68. The lowest BCUT2D eigenvalue weighted by atomic mass is 10.1. The molecular formula is C23H22ClFN2O3S. The van der Waals surface area contributed by atoms with Gasteiger partial charge < -0.3 is 5.32 Å². The quantitative estimate of drug-likeness (QED) is 0.547. The Bertz CT molecular complexity index is 1170. The molecule has 0 heterocycles. The Balaban J connectivity index is 1.91. The molecule has 31 heavy (non-hydrogen) atoms. The fourth-order valence-corrected chi connectivity index (χ4v) is 4.90. The van der Waals surface area contributed by atoms with Crippen molar-refractivity contribution >= 4 is 33.2 Å². The van der Waals surface area contributed by atoms with Gasteiger partial charge in [-0.3, -0.25) is 9.10 Å². The molecule has 0 fully saturated rings. The molecule has 0 radical (unpaired) electrons. The topological polar surface area (TPSA) is 66.5 Å². The first-order valence-electron chi connectivity index (χ1n) is 9.57. The van der Waals surface area contributed by atoms with Crippen LogP contribution in [0.1, 0.15) is 24.1 Å². The fraction of sp³-hybridized carbons (Fsp3) is 0.174. The molecule has 8 heteroatoms. The number of halogens is 2. The Morgan fingerprint density at radius 3 is 2.32 bits per heavy atom. The third-order valence-electron chi connectivity index (χ3n) is 4.79. The first kappa shape index (κ1) is 22.8. The first-order valence-corrected chi connectivity index (χ1v) is 11.4. The van der Waals surface area contributed by atoms with Crippen molar-refractivity contribution in [2.75, 3.05) is 10.8 Å². The van der Waals surface area contributed by atoms with E-state index in [1.54, 1.807) is 62.4 Å². The van der Waals surface area contributed by atoms with E-state index in [-0.39, 0.29) is 10.7 Å². The third kappa shape index (κ3) is 5.42. The number of hydrogen-bond acceptors (Lipinski definition) is 3. The number of carbonyl (C=O) groups excluding carboxylic acids is 1. The van der Waals surface area contributed by atoms with Crippen LogP contribution in [-0.2, 0) is 14.8 Å². The molecule has 0 aliphatic carbocycles. The lowest BCUT2D eigenvalue weighted by Crippen LogP contribution is -2.41. The molecule has 3 rings (SSSR count). The zero-order valence-corrected chi connectivity index (χ0v) is 18.6. The van der Waals surface area contributed by atoms with Crippen LogP contribution in [-0.4, -0.2) is 20.9 Å². The molecular weight excluding hydrogens is 439 g/mol. The summed E-state index contributed by atoms with van der Waals surface area (Å²) >= 11 is 6.03. The predicted molar refractivity (Wildman–Crippen MR) is 120 cm³/mol. The number of anilines is 1. The molecule has 0 aromatic heterocycles. The highest BCUT2D eigenvalue weighted by Crippen LogP contribution is 2.29. The van der Waals surface area contributed by atoms with Gasteiger partial charge in [0.25, 0.3) is 10.0 Å². The van der Waals surface area contributed by atoms with Crippen molar-refractivity contribution in [3.63, 3.8) is 0 Å². The van der Waals surface area contributed by atoms with Crippen LogP contribution >= 0.6 is 11.6 Å². The van der Waals surface area contributed by atoms with Gasteiger partial charge in [-0.25, -0.2) is 12.8 Å². The van der Waals surface area contributed by atoms with Crippen LogP contribution in [0, 0.1) is 12.7 Å². The average Bonchev–Trinajstić information content (AvgIpc) is 2.73. The fourth-order valence-electron chi connectivity index (χ4n) is 3.17. The van der Waals surface area contributed by atoms with Crippen molar-refractivity contribution in [1.82, 2.24) is 5.32 Å². The number of hydrogen-bond donors (Lipinski definition) is 1. The lowest BCUT2D eigenvalue weighted by Gasteiger charge is -2.26. The van der Waals surface area contributed by atoms with Crippen molar-refractivity contribution in [3.8, 4) is 0 Å². The highest BCUT2D eigenvalue weighted by Gasteiger charge is 2.28. The van der Waals surface area contributed by atoms with Crippen LogP contribution in [0.3, 0.4) is 0 Å². The van der Waals surface area contributed by atoms with Crippen LogP contribution in [0.4, 0.5) is 10.1 Å². The van der Waals surface area contributed by atoms with E-state index in [2.05, 4.69) is 5.32 Å². The number of amides is 1. The van der Waals surface area contributed by atoms with Crippen molar-refractivity contribution in [2.24, 2.45) is 0 Å². The molecule has 1 atom stereocenters. The molecule has 1 N–H and O–H groups in total. The molecule has 1 amide bonds. The second-order valence-corrected chi connectivity index (χ2v) is 9.40. The number of aryl methyl sites for hydroxylation is 1. The molecule has 162 valence electrons. The molecule has 0 saturated heterocycles. The Kier molecular flexibility index (Phi) is 6.97. The van der Waals surface area contributed by atoms with Crippen LogP contribution in [0.5, 0.6) is 0 Å². The van der Waals surface area contributed by atoms with Crippen molar-refractivity contribution in [1.29, 1.82) is 0 Å². The number of nitrogens with one attached hydrogen (secondary N) is 1. The van der Waals surface area contributed by atoms with Crippen LogP contribution in [0.2, 0.25) is 5.02 Å². The second-order valence-electron chi connectivity index (χ2n) is 7.10. The largest absolute Gasteiger partial charge is 0.348 e. The van der Waals surface area contributed by atoms with Crippen LogP contribution < -0.4 is 9.62 Å². The second kappa shape index (κ2) is 9.49. The zero-order chi connectivity index (χ0) is 22.6. The molecule has 5 nitrogen and oxygen atoms in total. The summed E-state index contributed by atoms with van der Waals surface area (Å²) in [5.74, 6) is -0.869. The summed E-state index contributed by atoms with van der Waals surface area (Å²) in [5, 5.41) is 3.24. The molecule has 0 saturated carbocycles. The highest BCUT2D eigenvalue weighted by atomic mass is 35.5. The Labute approximate surface area is 186 Å². The summed E-state index contributed by atoms with van der Waals surface area (Å²) in [6.07, 6.45) is 0. The summed E-state index contributed by atoms with van der Waals surface area (Å²) in [6, 6.07) is 18.0. The Morgan fingerprint density at radius 1 is 1.06 bits per heavy atom. The minimum Gasteiger partial charge on any atom is -0.348 e. The van der Waals surface area contributed by atoms with Gasteiger partial charge in [0.15, 0.2) is 0 Å². The third-order valence-corrected chi connectivity index (χ3v) is 6.80. The van der Waals surface area contributed by atoms with E-state index in [0.717, 1.165) is 4.31 Å². The smallest absolute Gasteiger partial charge is 0.264 e. The lowest BCUT2D eigenvalue weighted by molar-refractivity contribution is -0.120. The van der Waals surface area contributed by atoms with E-state index in [1.165, 1.54) is 24.3 Å². The van der Waals surface area contributed by atoms with Crippen molar-refractivity contribution < 1.29 is 17.6 Å². The van der Waals surface area contributed by atoms with Gasteiger partial charge >= 0.3 is 0 Å². The average molecular weight is 461 g/mol. The molecule has 0 spiro atoms. The van der Waals surface area contributed by atoms with E-state index in [9.17, 15) is 17.6 Å². The molecule has 3 aromatic rings. The maximum atomic E-state index is 13.4. The van der Waals surface area contributed by atoms with Gasteiger partial charge in [-0.2, -0.15) is 0 Å². The first-order chi connectivity index (χ1) is 14.7. The van der Waals surface area contributed by atoms with E-state index >= 15 is 0 Å². The maximum absolute atomic E-state index is 13.4. The SMILES string of the molecule is Cc1cc(Cl)ccc1N(CC(=O)NC(C)c1ccc(F)cc1)S(=O)(=O)c1ccccc1. The van der Waals surface area contributed by atoms with E-state index in [0.29, 0.717) is 21.8 Å². The van der Waals surface area contributed by atoms with E-state index in [1.807, 2.05) is 0 Å². The van der Waals surface area contributed by atoms with Crippen molar-refractivity contribution in [3.05, 3.63) is 94.8 Å². The number of sulfonamides is 1. The minimum absolute atomic E-state index is 0.0729. The number of carbonyl (C=O) groups is 1. The number of rotatable bonds is 7. The monoisotopic (exact) mass is 460 g/mol. The van der Waals surface area contributed by atoms with Gasteiger partial charge in [-0.1, -0.05) is 41.9 Å². The van der Waals surface area contributed by atoms with Crippen LogP contribution in [0.15, 0.2) is 77.7 Å². The summed E-state index contributed by atoms with van der Waals surface area (Å²) in [7, 11) is -4.01. The number of benzene rings is 3. The molecule has 3 aromatic carbocycles. The van der Waals surface area contributed by atoms with Gasteiger partial charge in [-0.15, -0.1) is 0 Å². The molecule has 0 aliphatic heterocycles. The molecule has 0 aliphatic rings. The zero-order valence-electron chi connectivity index (χ0n) is 17.0. The van der Waals surface area contributed by atoms with Crippen molar-refractivity contribution in [2.45, 2.75) is 24.8 Å². The van der Waals surface area contributed by atoms with Gasteiger partial charge in [-0.05, 0) is 67.4 Å². The van der Waals surface area contributed by atoms with E-state index < -0.39 is 28.5 Å². The summed E-state index contributed by atoms with van der Waals surface area (Å²) in [4.78, 5) is 12.9. The van der Waals surface area contributed by atoms with Gasteiger partial charge in [0.05, 0.1) is 16.6 Å². The van der Waals surface area contributed by atoms with Crippen LogP contribution in [0.25, 0.3) is 0 Å². The normalized spacial score (nSPS) is 12.3. The maximum Gasteiger partial charge on any atom is 0.264 e. The number of nitrogens with zero attached hydrogens (tertiary/aromatic N) is 1. The van der Waals surface area contributed by atoms with Gasteiger partial charge in [0, 0.05) is 5.02 Å². The molecule has 0 bridgehead atoms. The predicted octanol–water partition coefficient (Wildman–Crippen LogP) is 4.86. The molecule has 1 unspecified atom stereocenters. The highest BCUT2D eigenvalue weighted by molar-refractivity contribution is 7.92. The van der Waals surface area contributed by atoms with E-state index in [4.69, 9.17) is 11.6 Å². The Morgan fingerprint density at radius 2 is 1.71 bits per heavy atom. The Hall–Kier alpha value is -2.90. The summed E-state index contributed by atoms with van der Waals surface area (Å²) in [6.45, 7) is 3.05. The summed E-state index contributed by atoms with van der Waals surface area (Å²) < 4.78 is 41.0. The minimum atomic E-state index is -4.01. The van der Waals surface area contributed by atoms with Gasteiger partial charge in [0.1, 0.15) is 12.4 Å². The van der Waals surface area contributed by atoms with Gasteiger partial charge in [0.2, 0.25) is 5.91 Å². The standard InChI is InChI=1S/C23H22ClFN2O3S/c1-16-14-19(24)10-13-22(16)27(31(29,30)21-6-4-3-5-7-21)15-23(28)26-17(2)18-8-11-20(25)12-9-18/h3-14,17H,15H2,1-2H3,(H,26,28).